The zero-order valence-corrected chi connectivity index (χ0v) is 10.9. The van der Waals surface area contributed by atoms with Crippen LogP contribution in [-0.2, 0) is 0 Å². The zero-order chi connectivity index (χ0) is 13.4. The number of para-hydroxylation sites is 1. The maximum atomic E-state index is 11.3. The number of hydrogen-bond acceptors (Lipinski definition) is 4. The fraction of sp³-hybridized carbons (Fsp3) is 0. The minimum atomic E-state index is 0.265. The van der Waals surface area contributed by atoms with Gasteiger partial charge in [-0.3, -0.25) is 4.63 Å². The summed E-state index contributed by atoms with van der Waals surface area (Å²) in [6, 6.07) is 9.87. The van der Waals surface area contributed by atoms with Crippen LogP contribution in [0.25, 0.3) is 11.0 Å². The van der Waals surface area contributed by atoms with Crippen LogP contribution < -0.4 is 9.64 Å². The molecule has 5 nitrogen and oxygen atoms in total. The van der Waals surface area contributed by atoms with Crippen LogP contribution in [0.5, 0.6) is 11.5 Å². The van der Waals surface area contributed by atoms with Gasteiger partial charge in [-0.1, -0.05) is 35.3 Å². The van der Waals surface area contributed by atoms with Crippen LogP contribution in [0.3, 0.4) is 0 Å². The Balaban J connectivity index is 2.11. The Morgan fingerprint density at radius 2 is 1.79 bits per heavy atom. The predicted octanol–water partition coefficient (Wildman–Crippen LogP) is 3.56. The third-order valence-corrected chi connectivity index (χ3v) is 3.11. The van der Waals surface area contributed by atoms with Gasteiger partial charge in [0.2, 0.25) is 5.52 Å². The van der Waals surface area contributed by atoms with Crippen molar-refractivity contribution in [1.29, 1.82) is 0 Å². The molecule has 96 valence electrons. The van der Waals surface area contributed by atoms with E-state index >= 15 is 0 Å². The molecule has 0 atom stereocenters. The average Bonchev–Trinajstić information content (AvgIpc) is 2.77. The molecule has 3 aromatic rings. The quantitative estimate of drug-likeness (QED) is 0.678. The van der Waals surface area contributed by atoms with Crippen molar-refractivity contribution in [3.63, 3.8) is 0 Å². The van der Waals surface area contributed by atoms with Crippen LogP contribution in [0.15, 0.2) is 41.0 Å². The van der Waals surface area contributed by atoms with Crippen LogP contribution in [-0.4, -0.2) is 5.16 Å². The summed E-state index contributed by atoms with van der Waals surface area (Å²) in [5.41, 5.74) is 0.564. The van der Waals surface area contributed by atoms with Crippen molar-refractivity contribution in [2.45, 2.75) is 0 Å². The van der Waals surface area contributed by atoms with E-state index in [4.69, 9.17) is 27.9 Å². The molecule has 0 saturated heterocycles. The summed E-state index contributed by atoms with van der Waals surface area (Å²) < 4.78 is 10.1. The van der Waals surface area contributed by atoms with Crippen LogP contribution in [0.1, 0.15) is 0 Å². The lowest BCUT2D eigenvalue weighted by atomic mass is 10.3. The molecule has 0 aliphatic carbocycles. The summed E-state index contributed by atoms with van der Waals surface area (Å²) in [5, 5.41) is 15.7. The van der Waals surface area contributed by atoms with Gasteiger partial charge in [0.1, 0.15) is 0 Å². The lowest BCUT2D eigenvalue weighted by molar-refractivity contribution is -0.782. The van der Waals surface area contributed by atoms with E-state index in [1.807, 2.05) is 0 Å². The molecule has 0 aliphatic heterocycles. The van der Waals surface area contributed by atoms with Gasteiger partial charge in [-0.2, -0.15) is 0 Å². The fourth-order valence-electron chi connectivity index (χ4n) is 1.64. The molecule has 0 bridgehead atoms. The second-order valence-corrected chi connectivity index (χ2v) is 4.52. The Hall–Kier alpha value is -1.98. The number of halogens is 2. The van der Waals surface area contributed by atoms with Gasteiger partial charge in [-0.25, -0.2) is 0 Å². The minimum Gasteiger partial charge on any atom is -0.449 e. The number of fused-ring (bicyclic) bond motifs is 1. The average molecular weight is 297 g/mol. The van der Waals surface area contributed by atoms with Crippen molar-refractivity contribution >= 4 is 34.2 Å². The molecular formula is C12H6Cl2N2O3. The molecule has 0 unspecified atom stereocenters. The van der Waals surface area contributed by atoms with E-state index in [0.29, 0.717) is 32.0 Å². The minimum absolute atomic E-state index is 0.265. The highest BCUT2D eigenvalue weighted by Crippen LogP contribution is 2.37. The SMILES string of the molecule is [O-][n+]1onc2c(Oc3c(Cl)cccc3Cl)cccc21. The van der Waals surface area contributed by atoms with Crippen molar-refractivity contribution in [2.24, 2.45) is 0 Å². The zero-order valence-electron chi connectivity index (χ0n) is 9.34. The normalized spacial score (nSPS) is 10.8. The van der Waals surface area contributed by atoms with E-state index in [2.05, 4.69) is 9.79 Å². The second-order valence-electron chi connectivity index (χ2n) is 3.71. The Labute approximate surface area is 117 Å². The molecule has 1 heterocycles. The van der Waals surface area contributed by atoms with Gasteiger partial charge < -0.3 is 9.94 Å². The first-order valence-corrected chi connectivity index (χ1v) is 6.03. The number of aromatic nitrogens is 2. The van der Waals surface area contributed by atoms with Gasteiger partial charge in [0, 0.05) is 0 Å². The third-order valence-electron chi connectivity index (χ3n) is 2.51. The van der Waals surface area contributed by atoms with E-state index in [1.165, 1.54) is 0 Å². The molecule has 3 rings (SSSR count). The molecule has 0 fully saturated rings. The second kappa shape index (κ2) is 4.60. The number of ether oxygens (including phenoxy) is 1. The molecule has 0 N–H and O–H groups in total. The van der Waals surface area contributed by atoms with Gasteiger partial charge >= 0.3 is 0 Å². The van der Waals surface area contributed by atoms with Crippen LogP contribution in [0.4, 0.5) is 0 Å². The Kier molecular flexibility index (Phi) is 2.93. The van der Waals surface area contributed by atoms with Crippen molar-refractivity contribution in [3.05, 3.63) is 51.7 Å². The van der Waals surface area contributed by atoms with Gasteiger partial charge in [-0.05, 0) is 29.2 Å². The highest BCUT2D eigenvalue weighted by Gasteiger charge is 2.17. The molecule has 19 heavy (non-hydrogen) atoms. The van der Waals surface area contributed by atoms with Gasteiger partial charge in [0.15, 0.2) is 11.5 Å². The lowest BCUT2D eigenvalue weighted by Crippen LogP contribution is -2.22. The van der Waals surface area contributed by atoms with E-state index < -0.39 is 0 Å². The van der Waals surface area contributed by atoms with Crippen molar-refractivity contribution in [1.82, 2.24) is 5.16 Å². The molecule has 1 aromatic heterocycles. The Morgan fingerprint density at radius 1 is 1.11 bits per heavy atom. The van der Waals surface area contributed by atoms with Crippen molar-refractivity contribution in [3.8, 4) is 11.5 Å². The van der Waals surface area contributed by atoms with Crippen LogP contribution >= 0.6 is 23.2 Å². The Bertz CT molecular complexity index is 738. The Morgan fingerprint density at radius 3 is 2.53 bits per heavy atom. The van der Waals surface area contributed by atoms with E-state index in [9.17, 15) is 5.21 Å². The van der Waals surface area contributed by atoms with E-state index in [0.717, 1.165) is 0 Å². The van der Waals surface area contributed by atoms with Gasteiger partial charge in [-0.15, -0.1) is 0 Å². The summed E-state index contributed by atoms with van der Waals surface area (Å²) >= 11 is 12.0. The van der Waals surface area contributed by atoms with Crippen molar-refractivity contribution in [2.75, 3.05) is 0 Å². The third kappa shape index (κ3) is 2.07. The fourth-order valence-corrected chi connectivity index (χ4v) is 2.12. The van der Waals surface area contributed by atoms with Gasteiger partial charge in [0.05, 0.1) is 15.2 Å². The predicted molar refractivity (Wildman–Crippen MR) is 69.5 cm³/mol. The summed E-state index contributed by atoms with van der Waals surface area (Å²) in [4.78, 5) is 0.302. The number of hydrogen-bond donors (Lipinski definition) is 0. The highest BCUT2D eigenvalue weighted by molar-refractivity contribution is 6.37. The van der Waals surface area contributed by atoms with Crippen molar-refractivity contribution < 1.29 is 14.3 Å². The molecular weight excluding hydrogens is 291 g/mol. The number of rotatable bonds is 2. The standard InChI is InChI=1S/C12H6Cl2N2O3/c13-7-3-1-4-8(14)12(7)18-10-6-2-5-9-11(10)15-19-16(9)17/h1-6H. The van der Waals surface area contributed by atoms with E-state index in [1.54, 1.807) is 36.4 Å². The molecule has 7 heteroatoms. The highest BCUT2D eigenvalue weighted by atomic mass is 35.5. The maximum absolute atomic E-state index is 11.3. The largest absolute Gasteiger partial charge is 0.449 e. The van der Waals surface area contributed by atoms with E-state index in [-0.39, 0.29) is 5.52 Å². The first-order valence-electron chi connectivity index (χ1n) is 5.27. The lowest BCUT2D eigenvalue weighted by Gasteiger charge is -2.07. The summed E-state index contributed by atoms with van der Waals surface area (Å²) in [7, 11) is 0. The number of benzene rings is 2. The number of nitrogens with zero attached hydrogens (tertiary/aromatic N) is 2. The molecule has 0 radical (unpaired) electrons. The first-order chi connectivity index (χ1) is 9.16. The smallest absolute Gasteiger partial charge is 0.290 e. The molecule has 0 aliphatic rings. The van der Waals surface area contributed by atoms with Gasteiger partial charge in [0.25, 0.3) is 5.52 Å². The van der Waals surface area contributed by atoms with Crippen LogP contribution in [0.2, 0.25) is 10.0 Å². The summed E-state index contributed by atoms with van der Waals surface area (Å²) in [6.07, 6.45) is 0. The molecule has 0 spiro atoms. The molecule has 2 aromatic carbocycles. The van der Waals surface area contributed by atoms with Crippen LogP contribution in [0, 0.1) is 5.21 Å². The molecule has 0 amide bonds. The molecule has 0 saturated carbocycles. The first kappa shape index (κ1) is 12.1. The summed E-state index contributed by atoms with van der Waals surface area (Å²) in [6.45, 7) is 0. The maximum Gasteiger partial charge on any atom is 0.290 e. The monoisotopic (exact) mass is 296 g/mol. The topological polar surface area (TPSA) is 62.2 Å². The summed E-state index contributed by atoms with van der Waals surface area (Å²) in [5.74, 6) is 0.643.